The van der Waals surface area contributed by atoms with Gasteiger partial charge in [-0.3, -0.25) is 13.9 Å². The zero-order valence-corrected chi connectivity index (χ0v) is 22.9. The van der Waals surface area contributed by atoms with Crippen LogP contribution in [0.4, 0.5) is 0 Å². The summed E-state index contributed by atoms with van der Waals surface area (Å²) in [6, 6.07) is 10.0. The van der Waals surface area contributed by atoms with Crippen LogP contribution in [0.1, 0.15) is 48.3 Å². The highest BCUT2D eigenvalue weighted by molar-refractivity contribution is 7.96. The minimum absolute atomic E-state index is 0.0375. The fourth-order valence-electron chi connectivity index (χ4n) is 4.40. The van der Waals surface area contributed by atoms with Gasteiger partial charge in [-0.25, -0.2) is 4.98 Å². The molecule has 0 bridgehead atoms. The van der Waals surface area contributed by atoms with Crippen LogP contribution in [0.25, 0.3) is 16.9 Å². The number of pyridine rings is 1. The van der Waals surface area contributed by atoms with Gasteiger partial charge >= 0.3 is 0 Å². The summed E-state index contributed by atoms with van der Waals surface area (Å²) in [5.74, 6) is 0.427. The summed E-state index contributed by atoms with van der Waals surface area (Å²) in [7, 11) is 4.53. The van der Waals surface area contributed by atoms with Gasteiger partial charge in [0.15, 0.2) is 0 Å². The smallest absolute Gasteiger partial charge is 0.263 e. The molecule has 0 saturated carbocycles. The van der Waals surface area contributed by atoms with Crippen molar-refractivity contribution in [1.82, 2.24) is 18.6 Å². The molecule has 1 unspecified atom stereocenters. The number of hydrogen-bond acceptors (Lipinski definition) is 5. The van der Waals surface area contributed by atoms with E-state index in [0.717, 1.165) is 27.9 Å². The Kier molecular flexibility index (Phi) is 7.84. The maximum atomic E-state index is 12.7. The average Bonchev–Trinajstić information content (AvgIpc) is 3.20. The number of imidazole rings is 1. The second kappa shape index (κ2) is 10.7. The van der Waals surface area contributed by atoms with Gasteiger partial charge in [0.1, 0.15) is 5.65 Å². The quantitative estimate of drug-likeness (QED) is 0.372. The lowest BCUT2D eigenvalue weighted by molar-refractivity contribution is -0.136. The number of hydrogen-bond donors (Lipinski definition) is 0. The SMILES string of the molecule is CSN(C)C(=O)c1ccc(-c2nc3cc(C(C)C)ccn3c2C[C@H]2CN(C(C)=O)CCO2)c(P)c1. The summed E-state index contributed by atoms with van der Waals surface area (Å²) in [6.45, 7) is 7.67. The number of rotatable bonds is 6. The number of amides is 2. The lowest BCUT2D eigenvalue weighted by Gasteiger charge is -2.32. The van der Waals surface area contributed by atoms with Crippen molar-refractivity contribution in [3.8, 4) is 11.3 Å². The molecule has 4 rings (SSSR count). The largest absolute Gasteiger partial charge is 0.374 e. The minimum atomic E-state index is -0.111. The maximum absolute atomic E-state index is 12.7. The highest BCUT2D eigenvalue weighted by Crippen LogP contribution is 2.29. The van der Waals surface area contributed by atoms with E-state index in [4.69, 9.17) is 9.72 Å². The van der Waals surface area contributed by atoms with Crippen LogP contribution in [0.2, 0.25) is 0 Å². The highest BCUT2D eigenvalue weighted by Gasteiger charge is 2.26. The van der Waals surface area contributed by atoms with Gasteiger partial charge in [0.2, 0.25) is 5.91 Å². The van der Waals surface area contributed by atoms with E-state index in [2.05, 4.69) is 45.8 Å². The van der Waals surface area contributed by atoms with Gasteiger partial charge in [-0.1, -0.05) is 31.9 Å². The fraction of sp³-hybridized carbons (Fsp3) is 0.423. The Labute approximate surface area is 213 Å². The molecule has 0 spiro atoms. The summed E-state index contributed by atoms with van der Waals surface area (Å²) < 4.78 is 9.80. The molecule has 1 aliphatic rings. The standard InChI is InChI=1S/C26H33N4O3PS/c1-16(2)18-8-9-30-22(14-20-15-29(17(3)31)10-11-33-20)25(27-24(30)13-18)21-7-6-19(12-23(21)34)26(32)28(4)35-5/h6-9,12-13,16,20H,10-11,14-15,34H2,1-5H3/t20-/m0/s1. The van der Waals surface area contributed by atoms with E-state index >= 15 is 0 Å². The van der Waals surface area contributed by atoms with Gasteiger partial charge in [0.25, 0.3) is 5.91 Å². The summed E-state index contributed by atoms with van der Waals surface area (Å²) in [5, 5.41) is 0.911. The predicted octanol–water partition coefficient (Wildman–Crippen LogP) is 3.76. The van der Waals surface area contributed by atoms with Crippen LogP contribution in [0.3, 0.4) is 0 Å². The van der Waals surface area contributed by atoms with Gasteiger partial charge in [0.05, 0.1) is 24.1 Å². The van der Waals surface area contributed by atoms with Gasteiger partial charge < -0.3 is 14.0 Å². The normalized spacial score (nSPS) is 16.2. The zero-order valence-electron chi connectivity index (χ0n) is 20.9. The molecule has 1 aliphatic heterocycles. The van der Waals surface area contributed by atoms with E-state index in [0.29, 0.717) is 37.6 Å². The van der Waals surface area contributed by atoms with Crippen molar-refractivity contribution in [1.29, 1.82) is 0 Å². The number of carbonyl (C=O) groups is 2. The Bertz CT molecular complexity index is 1260. The number of benzene rings is 1. The molecule has 9 heteroatoms. The number of fused-ring (bicyclic) bond motifs is 1. The molecule has 2 amide bonds. The number of morpholine rings is 1. The molecule has 7 nitrogen and oxygen atoms in total. The Morgan fingerprint density at radius 1 is 1.29 bits per heavy atom. The van der Waals surface area contributed by atoms with Crippen LogP contribution in [-0.4, -0.2) is 69.5 Å². The van der Waals surface area contributed by atoms with Crippen LogP contribution in [-0.2, 0) is 16.0 Å². The molecule has 3 heterocycles. The molecular weight excluding hydrogens is 479 g/mol. The average molecular weight is 513 g/mol. The summed E-state index contributed by atoms with van der Waals surface area (Å²) in [5.41, 5.74) is 5.61. The number of carbonyl (C=O) groups excluding carboxylic acids is 2. The first-order chi connectivity index (χ1) is 16.7. The van der Waals surface area contributed by atoms with Crippen molar-refractivity contribution in [2.45, 2.75) is 39.2 Å². The second-order valence-electron chi connectivity index (χ2n) is 9.20. The van der Waals surface area contributed by atoms with Gasteiger partial charge in [-0.15, -0.1) is 9.24 Å². The Morgan fingerprint density at radius 2 is 2.06 bits per heavy atom. The first-order valence-electron chi connectivity index (χ1n) is 11.8. The van der Waals surface area contributed by atoms with Crippen molar-refractivity contribution in [3.05, 3.63) is 53.3 Å². The molecule has 2 atom stereocenters. The first kappa shape index (κ1) is 25.7. The highest BCUT2D eigenvalue weighted by atomic mass is 32.2. The molecule has 35 heavy (non-hydrogen) atoms. The van der Waals surface area contributed by atoms with Crippen LogP contribution < -0.4 is 5.30 Å². The molecule has 2 aromatic heterocycles. The summed E-state index contributed by atoms with van der Waals surface area (Å²) in [6.07, 6.45) is 4.47. The van der Waals surface area contributed by atoms with E-state index < -0.39 is 0 Å². The Morgan fingerprint density at radius 3 is 2.71 bits per heavy atom. The minimum Gasteiger partial charge on any atom is -0.374 e. The predicted molar refractivity (Wildman–Crippen MR) is 145 cm³/mol. The molecular formula is C26H33N4O3PS. The maximum Gasteiger partial charge on any atom is 0.263 e. The molecule has 1 aromatic carbocycles. The van der Waals surface area contributed by atoms with Crippen molar-refractivity contribution in [2.24, 2.45) is 0 Å². The van der Waals surface area contributed by atoms with Crippen LogP contribution in [0, 0.1) is 0 Å². The van der Waals surface area contributed by atoms with E-state index in [-0.39, 0.29) is 17.9 Å². The lowest BCUT2D eigenvalue weighted by atomic mass is 10.0. The molecule has 186 valence electrons. The molecule has 0 aliphatic carbocycles. The van der Waals surface area contributed by atoms with Crippen molar-refractivity contribution < 1.29 is 14.3 Å². The number of ether oxygens (including phenoxy) is 1. The fourth-order valence-corrected chi connectivity index (χ4v) is 5.09. The van der Waals surface area contributed by atoms with E-state index in [1.807, 2.05) is 29.4 Å². The topological polar surface area (TPSA) is 67.2 Å². The Hall–Kier alpha value is -2.41. The molecule has 1 fully saturated rings. The van der Waals surface area contributed by atoms with Crippen LogP contribution in [0.5, 0.6) is 0 Å². The van der Waals surface area contributed by atoms with Crippen LogP contribution >= 0.6 is 21.2 Å². The van der Waals surface area contributed by atoms with Crippen molar-refractivity contribution in [2.75, 3.05) is 33.0 Å². The Balaban J connectivity index is 1.78. The van der Waals surface area contributed by atoms with E-state index in [1.54, 1.807) is 18.3 Å². The number of nitrogens with zero attached hydrogens (tertiary/aromatic N) is 4. The number of aromatic nitrogens is 2. The third-order valence-electron chi connectivity index (χ3n) is 6.53. The van der Waals surface area contributed by atoms with Gasteiger partial charge in [-0.2, -0.15) is 0 Å². The molecule has 0 radical (unpaired) electrons. The van der Waals surface area contributed by atoms with Crippen molar-refractivity contribution >= 4 is 44.0 Å². The third kappa shape index (κ3) is 5.40. The van der Waals surface area contributed by atoms with E-state index in [9.17, 15) is 9.59 Å². The monoisotopic (exact) mass is 512 g/mol. The zero-order chi connectivity index (χ0) is 25.3. The van der Waals surface area contributed by atoms with Crippen LogP contribution in [0.15, 0.2) is 36.5 Å². The van der Waals surface area contributed by atoms with E-state index in [1.165, 1.54) is 17.5 Å². The second-order valence-corrected chi connectivity index (χ2v) is 10.7. The first-order valence-corrected chi connectivity index (χ1v) is 13.6. The lowest BCUT2D eigenvalue weighted by Crippen LogP contribution is -2.45. The summed E-state index contributed by atoms with van der Waals surface area (Å²) >= 11 is 1.38. The summed E-state index contributed by atoms with van der Waals surface area (Å²) in [4.78, 5) is 31.5. The van der Waals surface area contributed by atoms with Gasteiger partial charge in [0, 0.05) is 57.1 Å². The van der Waals surface area contributed by atoms with Crippen molar-refractivity contribution in [3.63, 3.8) is 0 Å². The van der Waals surface area contributed by atoms with Gasteiger partial charge in [-0.05, 0) is 41.1 Å². The molecule has 0 N–H and O–H groups in total. The molecule has 1 saturated heterocycles. The molecule has 3 aromatic rings. The third-order valence-corrected chi connectivity index (χ3v) is 7.73.